The number of halogens is 1. The second-order valence-corrected chi connectivity index (χ2v) is 6.06. The zero-order chi connectivity index (χ0) is 19.0. The lowest BCUT2D eigenvalue weighted by Crippen LogP contribution is -2.25. The zero-order valence-corrected chi connectivity index (χ0v) is 14.6. The summed E-state index contributed by atoms with van der Waals surface area (Å²) in [6.45, 7) is 3.11. The highest BCUT2D eigenvalue weighted by Gasteiger charge is 2.16. The van der Waals surface area contributed by atoms with E-state index in [-0.39, 0.29) is 23.7 Å². The number of nitrogen functional groups attached to an aromatic ring is 1. The maximum absolute atomic E-state index is 14.0. The number of fused-ring (bicyclic) bond motifs is 2. The number of carbonyl (C=O) groups is 1. The van der Waals surface area contributed by atoms with Crippen molar-refractivity contribution in [2.24, 2.45) is 0 Å². The molecular weight excluding hydrogens is 347 g/mol. The highest BCUT2D eigenvalue weighted by atomic mass is 19.1. The van der Waals surface area contributed by atoms with Gasteiger partial charge in [-0.05, 0) is 24.6 Å². The fraction of sp³-hybridized carbons (Fsp3) is 0.158. The Morgan fingerprint density at radius 1 is 1.19 bits per heavy atom. The molecule has 0 aliphatic heterocycles. The maximum Gasteiger partial charge on any atom is 0.271 e. The number of imidazole rings is 1. The first-order valence-corrected chi connectivity index (χ1v) is 8.51. The van der Waals surface area contributed by atoms with Crippen molar-refractivity contribution in [3.63, 3.8) is 0 Å². The van der Waals surface area contributed by atoms with Gasteiger partial charge in [0.2, 0.25) is 5.95 Å². The normalized spacial score (nSPS) is 11.2. The minimum Gasteiger partial charge on any atom is -0.368 e. The lowest BCUT2D eigenvalue weighted by molar-refractivity contribution is 0.0948. The first-order valence-electron chi connectivity index (χ1n) is 8.51. The number of anilines is 1. The molecule has 3 N–H and O–H groups in total. The predicted molar refractivity (Wildman–Crippen MR) is 100 cm³/mol. The van der Waals surface area contributed by atoms with Crippen LogP contribution in [0.25, 0.3) is 21.9 Å². The molecule has 0 aliphatic rings. The minimum absolute atomic E-state index is 0.0268. The minimum atomic E-state index is -0.550. The van der Waals surface area contributed by atoms with E-state index in [4.69, 9.17) is 5.73 Å². The number of benzene rings is 2. The van der Waals surface area contributed by atoms with Gasteiger partial charge in [0, 0.05) is 18.5 Å². The van der Waals surface area contributed by atoms with Gasteiger partial charge in [-0.1, -0.05) is 24.3 Å². The van der Waals surface area contributed by atoms with E-state index in [9.17, 15) is 9.18 Å². The molecule has 0 unspecified atom stereocenters. The molecule has 2 aromatic carbocycles. The smallest absolute Gasteiger partial charge is 0.271 e. The fourth-order valence-electron chi connectivity index (χ4n) is 3.11. The summed E-state index contributed by atoms with van der Waals surface area (Å²) in [5.41, 5.74) is 8.44. The van der Waals surface area contributed by atoms with E-state index in [1.807, 2.05) is 29.7 Å². The average molecular weight is 364 g/mol. The third kappa shape index (κ3) is 2.95. The van der Waals surface area contributed by atoms with E-state index in [0.717, 1.165) is 23.1 Å². The summed E-state index contributed by atoms with van der Waals surface area (Å²) in [5, 5.41) is 3.13. The molecule has 4 aromatic rings. The Morgan fingerprint density at radius 2 is 2.00 bits per heavy atom. The molecule has 8 heteroatoms. The number of aryl methyl sites for hydroxylation is 1. The van der Waals surface area contributed by atoms with Gasteiger partial charge in [0.25, 0.3) is 5.91 Å². The van der Waals surface area contributed by atoms with Crippen LogP contribution in [-0.4, -0.2) is 25.4 Å². The van der Waals surface area contributed by atoms with Gasteiger partial charge in [0.1, 0.15) is 17.0 Å². The Bertz CT molecular complexity index is 1170. The molecule has 2 aromatic heterocycles. The maximum atomic E-state index is 14.0. The first-order chi connectivity index (χ1) is 13.1. The van der Waals surface area contributed by atoms with Crippen LogP contribution in [0.1, 0.15) is 23.0 Å². The molecule has 4 rings (SSSR count). The van der Waals surface area contributed by atoms with Crippen molar-refractivity contribution in [3.8, 4) is 0 Å². The van der Waals surface area contributed by atoms with E-state index in [1.54, 1.807) is 12.4 Å². The summed E-state index contributed by atoms with van der Waals surface area (Å²) in [6.07, 6.45) is 1.78. The van der Waals surface area contributed by atoms with Crippen LogP contribution in [0.15, 0.2) is 42.7 Å². The number of nitrogens with two attached hydrogens (primary N) is 1. The third-order valence-corrected chi connectivity index (χ3v) is 4.42. The Balaban J connectivity index is 1.65. The molecule has 0 spiro atoms. The number of nitrogens with one attached hydrogen (secondary N) is 1. The van der Waals surface area contributed by atoms with Crippen LogP contribution in [-0.2, 0) is 13.1 Å². The Kier molecular flexibility index (Phi) is 4.15. The van der Waals surface area contributed by atoms with Crippen molar-refractivity contribution < 1.29 is 9.18 Å². The van der Waals surface area contributed by atoms with Crippen LogP contribution in [0.2, 0.25) is 0 Å². The van der Waals surface area contributed by atoms with Crippen LogP contribution < -0.4 is 11.1 Å². The second-order valence-electron chi connectivity index (χ2n) is 6.06. The highest BCUT2D eigenvalue weighted by molar-refractivity contribution is 6.04. The van der Waals surface area contributed by atoms with Crippen molar-refractivity contribution >= 4 is 33.8 Å². The number of aromatic nitrogens is 4. The van der Waals surface area contributed by atoms with Crippen LogP contribution >= 0.6 is 0 Å². The van der Waals surface area contributed by atoms with E-state index < -0.39 is 11.7 Å². The van der Waals surface area contributed by atoms with Crippen LogP contribution in [0.4, 0.5) is 10.3 Å². The van der Waals surface area contributed by atoms with E-state index >= 15 is 0 Å². The molecule has 0 fully saturated rings. The number of para-hydroxylation sites is 2. The fourth-order valence-corrected chi connectivity index (χ4v) is 3.11. The van der Waals surface area contributed by atoms with Gasteiger partial charge in [0.05, 0.1) is 17.4 Å². The van der Waals surface area contributed by atoms with E-state index in [0.29, 0.717) is 5.39 Å². The number of rotatable bonds is 4. The number of nitrogens with zero attached hydrogens (tertiary/aromatic N) is 4. The number of hydrogen-bond donors (Lipinski definition) is 2. The van der Waals surface area contributed by atoms with E-state index in [2.05, 4.69) is 20.3 Å². The second kappa shape index (κ2) is 6.64. The summed E-state index contributed by atoms with van der Waals surface area (Å²) in [7, 11) is 0. The number of amides is 1. The largest absolute Gasteiger partial charge is 0.368 e. The lowest BCUT2D eigenvalue weighted by Gasteiger charge is -2.09. The topological polar surface area (TPSA) is 98.7 Å². The lowest BCUT2D eigenvalue weighted by atomic mass is 10.1. The molecule has 0 saturated heterocycles. The summed E-state index contributed by atoms with van der Waals surface area (Å²) in [5.74, 6) is -1.15. The summed E-state index contributed by atoms with van der Waals surface area (Å²) in [4.78, 5) is 25.0. The van der Waals surface area contributed by atoms with Crippen molar-refractivity contribution in [1.29, 1.82) is 0 Å². The molecule has 0 radical (unpaired) electrons. The number of carbonyl (C=O) groups excluding carboxylic acids is 1. The van der Waals surface area contributed by atoms with Gasteiger partial charge >= 0.3 is 0 Å². The monoisotopic (exact) mass is 364 g/mol. The van der Waals surface area contributed by atoms with Gasteiger partial charge in [-0.25, -0.2) is 19.3 Å². The molecule has 0 bridgehead atoms. The standard InChI is InChI=1S/C19H17FN6O/c1-2-26-10-23-15-11(5-3-8-14(15)26)9-22-18(27)17-12-6-4-7-13(20)16(12)24-19(21)25-17/h3-8,10H,2,9H2,1H3,(H,22,27)(H2,21,24,25). The molecule has 7 nitrogen and oxygen atoms in total. The van der Waals surface area contributed by atoms with Crippen molar-refractivity contribution in [3.05, 3.63) is 59.8 Å². The van der Waals surface area contributed by atoms with Crippen molar-refractivity contribution in [1.82, 2.24) is 24.8 Å². The average Bonchev–Trinajstić information content (AvgIpc) is 3.10. The Hall–Kier alpha value is -3.55. The van der Waals surface area contributed by atoms with Crippen LogP contribution in [0.5, 0.6) is 0 Å². The van der Waals surface area contributed by atoms with Crippen LogP contribution in [0, 0.1) is 5.82 Å². The van der Waals surface area contributed by atoms with Crippen molar-refractivity contribution in [2.75, 3.05) is 5.73 Å². The number of hydrogen-bond acceptors (Lipinski definition) is 5. The van der Waals surface area contributed by atoms with Gasteiger partial charge in [-0.15, -0.1) is 0 Å². The SMILES string of the molecule is CCn1cnc2c(CNC(=O)c3nc(N)nc4c(F)cccc34)cccc21. The van der Waals surface area contributed by atoms with Crippen LogP contribution in [0.3, 0.4) is 0 Å². The predicted octanol–water partition coefficient (Wildman–Crippen LogP) is 2.65. The third-order valence-electron chi connectivity index (χ3n) is 4.42. The Labute approximate surface area is 154 Å². The molecule has 136 valence electrons. The first kappa shape index (κ1) is 16.9. The van der Waals surface area contributed by atoms with Gasteiger partial charge < -0.3 is 15.6 Å². The molecule has 1 amide bonds. The molecule has 0 saturated carbocycles. The highest BCUT2D eigenvalue weighted by Crippen LogP contribution is 2.21. The van der Waals surface area contributed by atoms with Gasteiger partial charge in [-0.2, -0.15) is 0 Å². The van der Waals surface area contributed by atoms with Crippen molar-refractivity contribution in [2.45, 2.75) is 20.0 Å². The zero-order valence-electron chi connectivity index (χ0n) is 14.6. The van der Waals surface area contributed by atoms with Gasteiger partial charge in [0.15, 0.2) is 0 Å². The molecular formula is C19H17FN6O. The summed E-state index contributed by atoms with van der Waals surface area (Å²) in [6, 6.07) is 10.2. The Morgan fingerprint density at radius 3 is 2.81 bits per heavy atom. The molecule has 2 heterocycles. The summed E-state index contributed by atoms with van der Waals surface area (Å²) >= 11 is 0. The van der Waals surface area contributed by atoms with Gasteiger partial charge in [-0.3, -0.25) is 4.79 Å². The summed E-state index contributed by atoms with van der Waals surface area (Å²) < 4.78 is 16.0. The molecule has 27 heavy (non-hydrogen) atoms. The molecule has 0 atom stereocenters. The van der Waals surface area contributed by atoms with E-state index in [1.165, 1.54) is 12.1 Å². The molecule has 0 aliphatic carbocycles. The quantitative estimate of drug-likeness (QED) is 0.580.